The molecule has 0 spiro atoms. The van der Waals surface area contributed by atoms with Gasteiger partial charge in [0.25, 0.3) is 5.91 Å². The maximum absolute atomic E-state index is 12.4. The summed E-state index contributed by atoms with van der Waals surface area (Å²) in [5.74, 6) is -0.377. The maximum atomic E-state index is 12.4. The van der Waals surface area contributed by atoms with Crippen LogP contribution in [-0.4, -0.2) is 34.3 Å². The zero-order valence-corrected chi connectivity index (χ0v) is 13.0. The van der Waals surface area contributed by atoms with Crippen LogP contribution in [0.3, 0.4) is 0 Å². The normalized spacial score (nSPS) is 16.7. The highest BCUT2D eigenvalue weighted by Gasteiger charge is 2.32. The zero-order chi connectivity index (χ0) is 16.9. The van der Waals surface area contributed by atoms with Crippen molar-refractivity contribution in [2.45, 2.75) is 19.0 Å². The van der Waals surface area contributed by atoms with E-state index in [1.165, 1.54) is 6.20 Å². The van der Waals surface area contributed by atoms with Gasteiger partial charge in [0.05, 0.1) is 17.2 Å². The van der Waals surface area contributed by atoms with Crippen molar-refractivity contribution in [1.29, 1.82) is 5.26 Å². The number of aromatic nitrogens is 1. The Morgan fingerprint density at radius 2 is 2.12 bits per heavy atom. The predicted molar refractivity (Wildman–Crippen MR) is 86.7 cm³/mol. The van der Waals surface area contributed by atoms with Gasteiger partial charge in [-0.1, -0.05) is 12.1 Å². The van der Waals surface area contributed by atoms with Gasteiger partial charge in [0.1, 0.15) is 6.04 Å². The van der Waals surface area contributed by atoms with Gasteiger partial charge in [0, 0.05) is 25.5 Å². The lowest BCUT2D eigenvalue weighted by atomic mass is 10.1. The minimum absolute atomic E-state index is 0.0865. The SMILES string of the molecule is N#Cc1ccc(CN2CC[C@H](NC(=O)c3cccnc3)C2=O)cc1. The third-order valence-electron chi connectivity index (χ3n) is 3.98. The van der Waals surface area contributed by atoms with E-state index in [-0.39, 0.29) is 11.8 Å². The number of benzene rings is 1. The molecule has 1 N–H and O–H groups in total. The van der Waals surface area contributed by atoms with E-state index >= 15 is 0 Å². The van der Waals surface area contributed by atoms with E-state index in [9.17, 15) is 9.59 Å². The molecule has 2 heterocycles. The summed E-state index contributed by atoms with van der Waals surface area (Å²) in [7, 11) is 0. The first-order chi connectivity index (χ1) is 11.7. The summed E-state index contributed by atoms with van der Waals surface area (Å²) < 4.78 is 0. The molecule has 1 aromatic carbocycles. The molecule has 0 bridgehead atoms. The summed E-state index contributed by atoms with van der Waals surface area (Å²) in [6, 6.07) is 12.1. The molecular weight excluding hydrogens is 304 g/mol. The average molecular weight is 320 g/mol. The number of hydrogen-bond donors (Lipinski definition) is 1. The third kappa shape index (κ3) is 3.41. The maximum Gasteiger partial charge on any atom is 0.253 e. The zero-order valence-electron chi connectivity index (χ0n) is 13.0. The highest BCUT2D eigenvalue weighted by molar-refractivity contribution is 5.97. The lowest BCUT2D eigenvalue weighted by Crippen LogP contribution is -2.41. The van der Waals surface area contributed by atoms with Crippen molar-refractivity contribution in [3.63, 3.8) is 0 Å². The van der Waals surface area contributed by atoms with E-state index in [2.05, 4.69) is 16.4 Å². The largest absolute Gasteiger partial charge is 0.340 e. The fourth-order valence-corrected chi connectivity index (χ4v) is 2.67. The van der Waals surface area contributed by atoms with Crippen molar-refractivity contribution in [1.82, 2.24) is 15.2 Å². The molecule has 6 nitrogen and oxygen atoms in total. The molecule has 120 valence electrons. The molecular formula is C18H16N4O2. The van der Waals surface area contributed by atoms with Gasteiger partial charge < -0.3 is 10.2 Å². The number of nitriles is 1. The van der Waals surface area contributed by atoms with Gasteiger partial charge in [-0.3, -0.25) is 14.6 Å². The average Bonchev–Trinajstić information content (AvgIpc) is 2.96. The molecule has 1 aromatic heterocycles. The number of amides is 2. The van der Waals surface area contributed by atoms with Crippen LogP contribution in [0.5, 0.6) is 0 Å². The van der Waals surface area contributed by atoms with Crippen LogP contribution in [0.2, 0.25) is 0 Å². The van der Waals surface area contributed by atoms with Gasteiger partial charge >= 0.3 is 0 Å². The van der Waals surface area contributed by atoms with Gasteiger partial charge in [-0.2, -0.15) is 5.26 Å². The molecule has 1 aliphatic heterocycles. The molecule has 0 aliphatic carbocycles. The summed E-state index contributed by atoms with van der Waals surface area (Å²) in [6.45, 7) is 1.07. The van der Waals surface area contributed by atoms with Crippen LogP contribution in [0.15, 0.2) is 48.8 Å². The summed E-state index contributed by atoms with van der Waals surface area (Å²) in [4.78, 5) is 30.2. The first kappa shape index (κ1) is 15.7. The Morgan fingerprint density at radius 1 is 1.33 bits per heavy atom. The van der Waals surface area contributed by atoms with Gasteiger partial charge in [0.15, 0.2) is 0 Å². The van der Waals surface area contributed by atoms with E-state index in [4.69, 9.17) is 5.26 Å². The molecule has 1 atom stereocenters. The van der Waals surface area contributed by atoms with Gasteiger partial charge in [-0.15, -0.1) is 0 Å². The van der Waals surface area contributed by atoms with E-state index < -0.39 is 6.04 Å². The summed E-state index contributed by atoms with van der Waals surface area (Å²) in [5.41, 5.74) is 1.99. The topological polar surface area (TPSA) is 86.1 Å². The number of nitrogens with zero attached hydrogens (tertiary/aromatic N) is 3. The van der Waals surface area contributed by atoms with E-state index in [0.717, 1.165) is 5.56 Å². The second-order valence-electron chi connectivity index (χ2n) is 5.62. The summed E-state index contributed by atoms with van der Waals surface area (Å²) in [5, 5.41) is 11.6. The predicted octanol–water partition coefficient (Wildman–Crippen LogP) is 1.48. The summed E-state index contributed by atoms with van der Waals surface area (Å²) >= 11 is 0. The number of nitrogens with one attached hydrogen (secondary N) is 1. The Labute approximate surface area is 139 Å². The molecule has 0 radical (unpaired) electrons. The Bertz CT molecular complexity index is 781. The van der Waals surface area contributed by atoms with Crippen molar-refractivity contribution in [3.8, 4) is 6.07 Å². The van der Waals surface area contributed by atoms with Crippen LogP contribution in [0.4, 0.5) is 0 Å². The number of carbonyl (C=O) groups excluding carboxylic acids is 2. The van der Waals surface area contributed by atoms with Crippen LogP contribution >= 0.6 is 0 Å². The molecule has 2 aromatic rings. The fourth-order valence-electron chi connectivity index (χ4n) is 2.67. The fraction of sp³-hybridized carbons (Fsp3) is 0.222. The molecule has 0 saturated carbocycles. The standard InChI is InChI=1S/C18H16N4O2/c19-10-13-3-5-14(6-4-13)12-22-9-7-16(18(22)24)21-17(23)15-2-1-8-20-11-15/h1-6,8,11,16H,7,9,12H2,(H,21,23)/t16-/m0/s1. The first-order valence-corrected chi connectivity index (χ1v) is 7.66. The first-order valence-electron chi connectivity index (χ1n) is 7.66. The number of carbonyl (C=O) groups is 2. The van der Waals surface area contributed by atoms with Crippen LogP contribution in [0.1, 0.15) is 27.9 Å². The molecule has 1 aliphatic rings. The van der Waals surface area contributed by atoms with Crippen LogP contribution < -0.4 is 5.32 Å². The Morgan fingerprint density at radius 3 is 2.79 bits per heavy atom. The molecule has 2 amide bonds. The quantitative estimate of drug-likeness (QED) is 0.924. The second kappa shape index (κ2) is 6.92. The van der Waals surface area contributed by atoms with Gasteiger partial charge in [-0.05, 0) is 36.2 Å². The molecule has 3 rings (SSSR count). The Hall–Kier alpha value is -3.20. The van der Waals surface area contributed by atoms with Crippen LogP contribution in [-0.2, 0) is 11.3 Å². The van der Waals surface area contributed by atoms with Crippen molar-refractivity contribution >= 4 is 11.8 Å². The van der Waals surface area contributed by atoms with Crippen molar-refractivity contribution in [3.05, 3.63) is 65.5 Å². The van der Waals surface area contributed by atoms with Crippen LogP contribution in [0, 0.1) is 11.3 Å². The lowest BCUT2D eigenvalue weighted by Gasteiger charge is -2.17. The highest BCUT2D eigenvalue weighted by Crippen LogP contribution is 2.16. The van der Waals surface area contributed by atoms with Gasteiger partial charge in [0.2, 0.25) is 5.91 Å². The van der Waals surface area contributed by atoms with E-state index in [1.54, 1.807) is 35.4 Å². The van der Waals surface area contributed by atoms with E-state index in [1.807, 2.05) is 12.1 Å². The molecule has 0 unspecified atom stereocenters. The number of pyridine rings is 1. The third-order valence-corrected chi connectivity index (χ3v) is 3.98. The van der Waals surface area contributed by atoms with Gasteiger partial charge in [-0.25, -0.2) is 0 Å². The molecule has 1 fully saturated rings. The molecule has 24 heavy (non-hydrogen) atoms. The minimum Gasteiger partial charge on any atom is -0.340 e. The lowest BCUT2D eigenvalue weighted by molar-refractivity contribution is -0.129. The minimum atomic E-state index is -0.504. The smallest absolute Gasteiger partial charge is 0.253 e. The Balaban J connectivity index is 1.60. The monoisotopic (exact) mass is 320 g/mol. The van der Waals surface area contributed by atoms with Crippen LogP contribution in [0.25, 0.3) is 0 Å². The van der Waals surface area contributed by atoms with E-state index in [0.29, 0.717) is 30.6 Å². The van der Waals surface area contributed by atoms with Crippen molar-refractivity contribution < 1.29 is 9.59 Å². The number of likely N-dealkylation sites (tertiary alicyclic amines) is 1. The van der Waals surface area contributed by atoms with Crippen molar-refractivity contribution in [2.24, 2.45) is 0 Å². The van der Waals surface area contributed by atoms with Crippen molar-refractivity contribution in [2.75, 3.05) is 6.54 Å². The molecule has 1 saturated heterocycles. The highest BCUT2D eigenvalue weighted by atomic mass is 16.2. The Kier molecular flexibility index (Phi) is 4.52. The molecule has 6 heteroatoms. The number of rotatable bonds is 4. The summed E-state index contributed by atoms with van der Waals surface area (Å²) in [6.07, 6.45) is 3.65. The second-order valence-corrected chi connectivity index (χ2v) is 5.62. The number of hydrogen-bond acceptors (Lipinski definition) is 4.